The van der Waals surface area contributed by atoms with Gasteiger partial charge in [0.25, 0.3) is 11.8 Å². The molecule has 0 aromatic heterocycles. The van der Waals surface area contributed by atoms with Crippen molar-refractivity contribution in [3.05, 3.63) is 98.5 Å². The summed E-state index contributed by atoms with van der Waals surface area (Å²) in [6.45, 7) is 4.16. The number of carbonyl (C=O) groups is 3. The summed E-state index contributed by atoms with van der Waals surface area (Å²) in [7, 11) is 0. The highest BCUT2D eigenvalue weighted by Crippen LogP contribution is 2.29. The van der Waals surface area contributed by atoms with Gasteiger partial charge in [-0.2, -0.15) is 0 Å². The fourth-order valence-corrected chi connectivity index (χ4v) is 3.77. The zero-order chi connectivity index (χ0) is 24.4. The molecule has 0 atom stereocenters. The van der Waals surface area contributed by atoms with Crippen molar-refractivity contribution in [1.29, 1.82) is 0 Å². The van der Waals surface area contributed by atoms with Crippen LogP contribution in [-0.4, -0.2) is 17.8 Å². The first-order chi connectivity index (χ1) is 16.2. The molecule has 3 aromatic carbocycles. The smallest absolute Gasteiger partial charge is 0.335 e. The summed E-state index contributed by atoms with van der Waals surface area (Å²) in [5.41, 5.74) is 3.50. The number of nitrogens with one attached hydrogen (secondary N) is 1. The Labute approximate surface area is 206 Å². The largest absolute Gasteiger partial charge is 0.487 e. The molecule has 0 bridgehead atoms. The summed E-state index contributed by atoms with van der Waals surface area (Å²) in [6, 6.07) is 16.8. The number of halogens is 2. The molecular weight excluding hydrogens is 475 g/mol. The van der Waals surface area contributed by atoms with E-state index < -0.39 is 17.8 Å². The van der Waals surface area contributed by atoms with Gasteiger partial charge in [0.1, 0.15) is 17.9 Å². The molecule has 0 radical (unpaired) electrons. The Morgan fingerprint density at radius 1 is 0.912 bits per heavy atom. The lowest BCUT2D eigenvalue weighted by Gasteiger charge is -2.26. The van der Waals surface area contributed by atoms with E-state index in [1.807, 2.05) is 31.2 Å². The highest BCUT2D eigenvalue weighted by atomic mass is 35.5. The van der Waals surface area contributed by atoms with E-state index in [9.17, 15) is 14.4 Å². The first kappa shape index (κ1) is 23.5. The number of aryl methyl sites for hydroxylation is 2. The van der Waals surface area contributed by atoms with Crippen molar-refractivity contribution in [3.8, 4) is 5.75 Å². The van der Waals surface area contributed by atoms with Gasteiger partial charge in [-0.1, -0.05) is 65.2 Å². The summed E-state index contributed by atoms with van der Waals surface area (Å²) in [6.07, 6.45) is 1.38. The number of hydrogen-bond acceptors (Lipinski definition) is 4. The molecule has 34 heavy (non-hydrogen) atoms. The van der Waals surface area contributed by atoms with Crippen LogP contribution in [0.5, 0.6) is 5.75 Å². The summed E-state index contributed by atoms with van der Waals surface area (Å²) >= 11 is 12.5. The molecule has 1 heterocycles. The van der Waals surface area contributed by atoms with Crippen molar-refractivity contribution in [3.63, 3.8) is 0 Å². The van der Waals surface area contributed by atoms with Crippen molar-refractivity contribution in [1.82, 2.24) is 5.32 Å². The average molecular weight is 495 g/mol. The van der Waals surface area contributed by atoms with E-state index in [-0.39, 0.29) is 11.3 Å². The van der Waals surface area contributed by atoms with E-state index >= 15 is 0 Å². The molecule has 4 rings (SSSR count). The Bertz CT molecular complexity index is 1330. The lowest BCUT2D eigenvalue weighted by molar-refractivity contribution is -0.122. The van der Waals surface area contributed by atoms with Crippen LogP contribution in [-0.2, 0) is 16.2 Å². The third-order valence-electron chi connectivity index (χ3n) is 5.30. The number of nitrogens with zero attached hydrogens (tertiary/aromatic N) is 1. The van der Waals surface area contributed by atoms with E-state index in [0.29, 0.717) is 28.0 Å². The second-order valence-corrected chi connectivity index (χ2v) is 8.67. The highest BCUT2D eigenvalue weighted by Gasteiger charge is 2.37. The van der Waals surface area contributed by atoms with Gasteiger partial charge in [0.15, 0.2) is 0 Å². The highest BCUT2D eigenvalue weighted by molar-refractivity contribution is 6.39. The van der Waals surface area contributed by atoms with E-state index in [2.05, 4.69) is 5.32 Å². The van der Waals surface area contributed by atoms with Crippen LogP contribution in [0.3, 0.4) is 0 Å². The Morgan fingerprint density at radius 3 is 2.32 bits per heavy atom. The van der Waals surface area contributed by atoms with Crippen LogP contribution in [0.25, 0.3) is 6.08 Å². The zero-order valence-corrected chi connectivity index (χ0v) is 19.9. The SMILES string of the molecule is Cc1ccc(COc2ccc(/C=C3\C(=O)NC(=O)N(c4ccc(C)c(Cl)c4)C3=O)cc2Cl)cc1. The number of rotatable bonds is 5. The number of hydrogen-bond donors (Lipinski definition) is 1. The summed E-state index contributed by atoms with van der Waals surface area (Å²) in [5.74, 6) is -1.08. The van der Waals surface area contributed by atoms with E-state index in [1.54, 1.807) is 37.3 Å². The van der Waals surface area contributed by atoms with Crippen LogP contribution in [0, 0.1) is 13.8 Å². The van der Waals surface area contributed by atoms with Crippen LogP contribution in [0.1, 0.15) is 22.3 Å². The molecule has 4 amide bonds. The number of benzene rings is 3. The fraction of sp³-hybridized carbons (Fsp3) is 0.115. The Balaban J connectivity index is 1.56. The number of amides is 4. The zero-order valence-electron chi connectivity index (χ0n) is 18.4. The predicted octanol–water partition coefficient (Wildman–Crippen LogP) is 5.86. The molecule has 0 spiro atoms. The van der Waals surface area contributed by atoms with Gasteiger partial charge in [0, 0.05) is 5.02 Å². The number of imide groups is 2. The second-order valence-electron chi connectivity index (χ2n) is 7.86. The van der Waals surface area contributed by atoms with Gasteiger partial charge in [0.05, 0.1) is 10.7 Å². The van der Waals surface area contributed by atoms with Crippen molar-refractivity contribution in [2.75, 3.05) is 4.90 Å². The third kappa shape index (κ3) is 4.98. The molecule has 3 aromatic rings. The maximum absolute atomic E-state index is 13.1. The Hall–Kier alpha value is -3.61. The first-order valence-electron chi connectivity index (χ1n) is 10.4. The minimum Gasteiger partial charge on any atom is -0.487 e. The number of carbonyl (C=O) groups excluding carboxylic acids is 3. The Kier molecular flexibility index (Phi) is 6.72. The number of barbiturate groups is 1. The van der Waals surface area contributed by atoms with Crippen LogP contribution >= 0.6 is 23.2 Å². The fourth-order valence-electron chi connectivity index (χ4n) is 3.35. The van der Waals surface area contributed by atoms with Gasteiger partial charge < -0.3 is 4.74 Å². The maximum atomic E-state index is 13.1. The first-order valence-corrected chi connectivity index (χ1v) is 11.1. The van der Waals surface area contributed by atoms with E-state index in [0.717, 1.165) is 21.6 Å². The maximum Gasteiger partial charge on any atom is 0.335 e. The normalized spacial score (nSPS) is 15.0. The van der Waals surface area contributed by atoms with Crippen LogP contribution in [0.2, 0.25) is 10.0 Å². The molecule has 0 saturated carbocycles. The van der Waals surface area contributed by atoms with E-state index in [1.165, 1.54) is 12.1 Å². The van der Waals surface area contributed by atoms with Gasteiger partial charge in [-0.05, 0) is 60.9 Å². The summed E-state index contributed by atoms with van der Waals surface area (Å²) < 4.78 is 5.80. The Morgan fingerprint density at radius 2 is 1.65 bits per heavy atom. The molecule has 1 fully saturated rings. The molecule has 172 valence electrons. The molecule has 1 N–H and O–H groups in total. The van der Waals surface area contributed by atoms with Crippen LogP contribution in [0.15, 0.2) is 66.2 Å². The number of anilines is 1. The molecule has 6 nitrogen and oxygen atoms in total. The van der Waals surface area contributed by atoms with Crippen LogP contribution < -0.4 is 15.0 Å². The van der Waals surface area contributed by atoms with Crippen LogP contribution in [0.4, 0.5) is 10.5 Å². The summed E-state index contributed by atoms with van der Waals surface area (Å²) in [5, 5.41) is 2.91. The van der Waals surface area contributed by atoms with Crippen molar-refractivity contribution < 1.29 is 19.1 Å². The second kappa shape index (κ2) is 9.71. The topological polar surface area (TPSA) is 75.7 Å². The number of ether oxygens (including phenoxy) is 1. The van der Waals surface area contributed by atoms with Gasteiger partial charge in [-0.15, -0.1) is 0 Å². The molecule has 0 aliphatic carbocycles. The predicted molar refractivity (Wildman–Crippen MR) is 132 cm³/mol. The molecular formula is C26H20Cl2N2O4. The molecule has 1 aliphatic heterocycles. The third-order valence-corrected chi connectivity index (χ3v) is 6.00. The minimum absolute atomic E-state index is 0.208. The van der Waals surface area contributed by atoms with Crippen molar-refractivity contribution in [2.24, 2.45) is 0 Å². The lowest BCUT2D eigenvalue weighted by Crippen LogP contribution is -2.54. The van der Waals surface area contributed by atoms with Gasteiger partial charge in [-0.3, -0.25) is 14.9 Å². The molecule has 8 heteroatoms. The van der Waals surface area contributed by atoms with Crippen molar-refractivity contribution in [2.45, 2.75) is 20.5 Å². The quantitative estimate of drug-likeness (QED) is 0.356. The van der Waals surface area contributed by atoms with Crippen molar-refractivity contribution >= 4 is 52.8 Å². The lowest BCUT2D eigenvalue weighted by atomic mass is 10.1. The summed E-state index contributed by atoms with van der Waals surface area (Å²) in [4.78, 5) is 38.7. The molecule has 0 unspecified atom stereocenters. The average Bonchev–Trinajstić information content (AvgIpc) is 2.79. The number of urea groups is 1. The molecule has 1 aliphatic rings. The van der Waals surface area contributed by atoms with E-state index in [4.69, 9.17) is 27.9 Å². The standard InChI is InChI=1S/C26H20Cl2N2O4/c1-15-3-6-17(7-4-15)14-34-23-10-8-18(12-22(23)28)11-20-24(31)29-26(33)30(25(20)32)19-9-5-16(2)21(27)13-19/h3-13H,14H2,1-2H3,(H,29,31,33)/b20-11+. The van der Waals surface area contributed by atoms with Gasteiger partial charge >= 0.3 is 6.03 Å². The van der Waals surface area contributed by atoms with Gasteiger partial charge in [-0.25, -0.2) is 9.69 Å². The molecule has 1 saturated heterocycles. The van der Waals surface area contributed by atoms with Gasteiger partial charge in [0.2, 0.25) is 0 Å². The minimum atomic E-state index is -0.843. The monoisotopic (exact) mass is 494 g/mol.